The molecule has 138 valence electrons. The fourth-order valence-corrected chi connectivity index (χ4v) is 5.81. The molecule has 1 aromatic rings. The minimum absolute atomic E-state index is 0.0143. The summed E-state index contributed by atoms with van der Waals surface area (Å²) in [6, 6.07) is 6.39. The van der Waals surface area contributed by atoms with E-state index in [-0.39, 0.29) is 17.8 Å². The number of aryl methyl sites for hydroxylation is 1. The molecule has 2 saturated carbocycles. The highest BCUT2D eigenvalue weighted by atomic mass is 16.5. The summed E-state index contributed by atoms with van der Waals surface area (Å²) >= 11 is 0. The van der Waals surface area contributed by atoms with Crippen molar-refractivity contribution < 1.29 is 19.4 Å². The van der Waals surface area contributed by atoms with E-state index in [0.29, 0.717) is 24.0 Å². The smallest absolute Gasteiger partial charge is 0.307 e. The van der Waals surface area contributed by atoms with Gasteiger partial charge in [0.25, 0.3) is 0 Å². The maximum Gasteiger partial charge on any atom is 0.307 e. The van der Waals surface area contributed by atoms with E-state index in [1.54, 1.807) is 7.11 Å². The second kappa shape index (κ2) is 6.26. The van der Waals surface area contributed by atoms with Crippen molar-refractivity contribution in [3.05, 3.63) is 41.0 Å². The number of benzene rings is 1. The number of Topliss-reactive ketones (excluding diaryl/α,β-unsaturated/α-hetero) is 1. The molecule has 0 aliphatic heterocycles. The van der Waals surface area contributed by atoms with Crippen LogP contribution in [0.2, 0.25) is 0 Å². The van der Waals surface area contributed by atoms with Gasteiger partial charge in [-0.15, -0.1) is 0 Å². The quantitative estimate of drug-likeness (QED) is 0.829. The highest BCUT2D eigenvalue weighted by Crippen LogP contribution is 2.61. The summed E-state index contributed by atoms with van der Waals surface area (Å²) in [6.45, 7) is 2.11. The Morgan fingerprint density at radius 3 is 2.92 bits per heavy atom. The number of carbonyl (C=O) groups excluding carboxylic acids is 1. The Bertz CT molecular complexity index is 793. The Kier molecular flexibility index (Phi) is 4.17. The van der Waals surface area contributed by atoms with Crippen molar-refractivity contribution in [1.29, 1.82) is 0 Å². The molecule has 4 nitrogen and oxygen atoms in total. The highest BCUT2D eigenvalue weighted by molar-refractivity contribution is 5.91. The summed E-state index contributed by atoms with van der Waals surface area (Å²) in [5, 5.41) is 9.07. The Hall–Kier alpha value is -2.10. The Morgan fingerprint density at radius 2 is 2.19 bits per heavy atom. The minimum Gasteiger partial charge on any atom is -0.497 e. The topological polar surface area (TPSA) is 63.6 Å². The molecule has 1 N–H and O–H groups in total. The standard InChI is InChI=1S/C22H26O4/c1-22-10-9-17-16-7-5-15(26-2)11-13(16)3-6-18(17)21(22)14(12-19(22)23)4-8-20(24)25/h4-5,7,11,17-18,21H,3,6,8-10,12H2,1-2H3,(H,24,25)/b14-4-/t17-,18-,21+,22-/m1/s1. The zero-order valence-corrected chi connectivity index (χ0v) is 15.5. The molecule has 0 saturated heterocycles. The van der Waals surface area contributed by atoms with Crippen molar-refractivity contribution in [3.63, 3.8) is 0 Å². The molecule has 1 aromatic carbocycles. The summed E-state index contributed by atoms with van der Waals surface area (Å²) in [4.78, 5) is 23.8. The number of carboxylic acids is 1. The minimum atomic E-state index is -0.827. The van der Waals surface area contributed by atoms with Crippen LogP contribution in [0.25, 0.3) is 0 Å². The predicted octanol–water partition coefficient (Wildman–Crippen LogP) is 4.13. The van der Waals surface area contributed by atoms with Crippen LogP contribution in [0.1, 0.15) is 56.1 Å². The third-order valence-electron chi connectivity index (χ3n) is 7.04. The third-order valence-corrected chi connectivity index (χ3v) is 7.04. The van der Waals surface area contributed by atoms with Gasteiger partial charge in [-0.25, -0.2) is 0 Å². The van der Waals surface area contributed by atoms with Gasteiger partial charge in [0.15, 0.2) is 0 Å². The van der Waals surface area contributed by atoms with Gasteiger partial charge in [0.05, 0.1) is 13.5 Å². The summed E-state index contributed by atoms with van der Waals surface area (Å²) < 4.78 is 5.38. The average molecular weight is 354 g/mol. The molecule has 3 aliphatic carbocycles. The van der Waals surface area contributed by atoms with E-state index in [2.05, 4.69) is 19.1 Å². The van der Waals surface area contributed by atoms with Crippen molar-refractivity contribution in [2.24, 2.45) is 17.3 Å². The molecule has 2 fully saturated rings. The largest absolute Gasteiger partial charge is 0.497 e. The van der Waals surface area contributed by atoms with Crippen LogP contribution in [0.15, 0.2) is 29.8 Å². The van der Waals surface area contributed by atoms with E-state index >= 15 is 0 Å². The lowest BCUT2D eigenvalue weighted by atomic mass is 9.55. The Morgan fingerprint density at radius 1 is 1.38 bits per heavy atom. The lowest BCUT2D eigenvalue weighted by molar-refractivity contribution is -0.136. The zero-order valence-electron chi connectivity index (χ0n) is 15.5. The number of allylic oxidation sites excluding steroid dienone is 1. The SMILES string of the molecule is COc1ccc2c(c1)CC[C@@H]1[C@@H]2CC[C@]2(C)C(=O)C/C(=C/CC(=O)O)[C@@H]12. The molecule has 3 aliphatic rings. The lowest BCUT2D eigenvalue weighted by Gasteiger charge is -2.48. The number of ketones is 1. The van der Waals surface area contributed by atoms with Gasteiger partial charge in [0.1, 0.15) is 11.5 Å². The Balaban J connectivity index is 1.71. The lowest BCUT2D eigenvalue weighted by Crippen LogP contribution is -2.42. The number of carbonyl (C=O) groups is 2. The molecule has 26 heavy (non-hydrogen) atoms. The van der Waals surface area contributed by atoms with E-state index in [1.165, 1.54) is 11.1 Å². The first-order chi connectivity index (χ1) is 12.4. The highest BCUT2D eigenvalue weighted by Gasteiger charge is 2.56. The third kappa shape index (κ3) is 2.58. The van der Waals surface area contributed by atoms with Crippen molar-refractivity contribution in [2.75, 3.05) is 7.11 Å². The molecule has 0 unspecified atom stereocenters. The maximum absolute atomic E-state index is 12.8. The van der Waals surface area contributed by atoms with E-state index < -0.39 is 5.97 Å². The Labute approximate surface area is 154 Å². The first-order valence-electron chi connectivity index (χ1n) is 9.55. The maximum atomic E-state index is 12.8. The summed E-state index contributed by atoms with van der Waals surface area (Å²) in [6.07, 6.45) is 6.27. The molecule has 4 atom stereocenters. The fraction of sp³-hybridized carbons (Fsp3) is 0.545. The summed E-state index contributed by atoms with van der Waals surface area (Å²) in [5.41, 5.74) is 3.54. The molecule has 0 spiro atoms. The average Bonchev–Trinajstić information content (AvgIpc) is 2.89. The van der Waals surface area contributed by atoms with Crippen molar-refractivity contribution in [2.45, 2.75) is 51.4 Å². The second-order valence-electron chi connectivity index (χ2n) is 8.28. The van der Waals surface area contributed by atoms with Gasteiger partial charge in [-0.2, -0.15) is 0 Å². The monoisotopic (exact) mass is 354 g/mol. The number of carboxylic acid groups (broad SMARTS) is 1. The van der Waals surface area contributed by atoms with E-state index in [1.807, 2.05) is 12.1 Å². The number of fused-ring (bicyclic) bond motifs is 5. The van der Waals surface area contributed by atoms with Gasteiger partial charge < -0.3 is 9.84 Å². The number of methoxy groups -OCH3 is 1. The summed E-state index contributed by atoms with van der Waals surface area (Å²) in [5.74, 6) is 1.47. The molecule has 0 aromatic heterocycles. The van der Waals surface area contributed by atoms with Crippen LogP contribution in [0, 0.1) is 17.3 Å². The van der Waals surface area contributed by atoms with Gasteiger partial charge >= 0.3 is 5.97 Å². The molecule has 0 radical (unpaired) electrons. The van der Waals surface area contributed by atoms with Crippen LogP contribution < -0.4 is 4.74 Å². The number of hydrogen-bond acceptors (Lipinski definition) is 3. The number of hydrogen-bond donors (Lipinski definition) is 1. The van der Waals surface area contributed by atoms with Crippen LogP contribution in [0.3, 0.4) is 0 Å². The molecular weight excluding hydrogens is 328 g/mol. The van der Waals surface area contributed by atoms with Crippen molar-refractivity contribution >= 4 is 11.8 Å². The van der Waals surface area contributed by atoms with Crippen LogP contribution in [-0.2, 0) is 16.0 Å². The number of aliphatic carboxylic acids is 1. The van der Waals surface area contributed by atoms with Crippen molar-refractivity contribution in [3.8, 4) is 5.75 Å². The van der Waals surface area contributed by atoms with Crippen LogP contribution in [-0.4, -0.2) is 24.0 Å². The summed E-state index contributed by atoms with van der Waals surface area (Å²) in [7, 11) is 1.70. The molecule has 4 heteroatoms. The molecular formula is C22H26O4. The van der Waals surface area contributed by atoms with E-state index in [0.717, 1.165) is 37.0 Å². The van der Waals surface area contributed by atoms with E-state index in [9.17, 15) is 9.59 Å². The van der Waals surface area contributed by atoms with Crippen LogP contribution >= 0.6 is 0 Å². The fourth-order valence-electron chi connectivity index (χ4n) is 5.81. The molecule has 4 rings (SSSR count). The molecule has 0 heterocycles. The molecule has 0 amide bonds. The van der Waals surface area contributed by atoms with Gasteiger partial charge in [-0.05, 0) is 66.7 Å². The first kappa shape index (κ1) is 17.3. The second-order valence-corrected chi connectivity index (χ2v) is 8.28. The van der Waals surface area contributed by atoms with Gasteiger partial charge in [-0.1, -0.05) is 24.6 Å². The van der Waals surface area contributed by atoms with Gasteiger partial charge in [-0.3, -0.25) is 9.59 Å². The van der Waals surface area contributed by atoms with E-state index in [4.69, 9.17) is 9.84 Å². The first-order valence-corrected chi connectivity index (χ1v) is 9.55. The van der Waals surface area contributed by atoms with Crippen LogP contribution in [0.4, 0.5) is 0 Å². The predicted molar refractivity (Wildman–Crippen MR) is 98.3 cm³/mol. The van der Waals surface area contributed by atoms with Gasteiger partial charge in [0.2, 0.25) is 0 Å². The van der Waals surface area contributed by atoms with Gasteiger partial charge in [0, 0.05) is 11.8 Å². The normalized spacial score (nSPS) is 34.2. The van der Waals surface area contributed by atoms with Crippen LogP contribution in [0.5, 0.6) is 5.75 Å². The molecule has 0 bridgehead atoms. The van der Waals surface area contributed by atoms with Crippen molar-refractivity contribution in [1.82, 2.24) is 0 Å². The number of rotatable bonds is 3. The number of ether oxygens (including phenoxy) is 1. The zero-order chi connectivity index (χ0) is 18.5.